The molecule has 0 aliphatic heterocycles. The van der Waals surface area contributed by atoms with E-state index in [0.29, 0.717) is 0 Å². The van der Waals surface area contributed by atoms with Crippen molar-refractivity contribution in [2.75, 3.05) is 33.0 Å². The van der Waals surface area contributed by atoms with E-state index in [0.717, 1.165) is 34.8 Å². The molecule has 4 nitrogen and oxygen atoms in total. The second kappa shape index (κ2) is 5.42. The molecule has 0 amide bonds. The van der Waals surface area contributed by atoms with Crippen LogP contribution >= 0.6 is 15.9 Å². The summed E-state index contributed by atoms with van der Waals surface area (Å²) in [5.41, 5.74) is 0.975. The molecule has 1 aromatic heterocycles. The largest absolute Gasteiger partial charge is 0.372 e. The van der Waals surface area contributed by atoms with Crippen molar-refractivity contribution in [2.24, 2.45) is 0 Å². The monoisotopic (exact) mass is 272 g/mol. The molecule has 84 valence electrons. The summed E-state index contributed by atoms with van der Waals surface area (Å²) in [5, 5.41) is 3.05. The van der Waals surface area contributed by atoms with Crippen LogP contribution in [0.15, 0.2) is 4.47 Å². The third-order valence-electron chi connectivity index (χ3n) is 2.08. The van der Waals surface area contributed by atoms with Crippen molar-refractivity contribution in [2.45, 2.75) is 13.3 Å². The quantitative estimate of drug-likeness (QED) is 0.906. The molecule has 0 aliphatic carbocycles. The van der Waals surface area contributed by atoms with E-state index in [2.05, 4.69) is 36.1 Å². The van der Waals surface area contributed by atoms with Crippen LogP contribution in [0.5, 0.6) is 0 Å². The molecule has 0 aromatic carbocycles. The lowest BCUT2D eigenvalue weighted by Gasteiger charge is -2.11. The molecule has 0 fully saturated rings. The Bertz CT molecular complexity index is 338. The lowest BCUT2D eigenvalue weighted by molar-refractivity contribution is 0.409. The summed E-state index contributed by atoms with van der Waals surface area (Å²) in [5.74, 6) is 1.74. The number of anilines is 1. The van der Waals surface area contributed by atoms with E-state index in [9.17, 15) is 0 Å². The van der Waals surface area contributed by atoms with E-state index < -0.39 is 0 Å². The predicted molar refractivity (Wildman–Crippen MR) is 66.3 cm³/mol. The fourth-order valence-corrected chi connectivity index (χ4v) is 1.59. The van der Waals surface area contributed by atoms with Gasteiger partial charge in [-0.25, -0.2) is 9.97 Å². The van der Waals surface area contributed by atoms with Crippen molar-refractivity contribution in [3.63, 3.8) is 0 Å². The van der Waals surface area contributed by atoms with Crippen LogP contribution in [0, 0.1) is 6.92 Å². The average Bonchev–Trinajstić information content (AvgIpc) is 2.19. The topological polar surface area (TPSA) is 41.1 Å². The van der Waals surface area contributed by atoms with Crippen molar-refractivity contribution in [3.8, 4) is 0 Å². The van der Waals surface area contributed by atoms with Gasteiger partial charge in [-0.1, -0.05) is 0 Å². The van der Waals surface area contributed by atoms with Gasteiger partial charge in [0.05, 0.1) is 10.2 Å². The minimum atomic E-state index is 0.858. The van der Waals surface area contributed by atoms with Gasteiger partial charge in [-0.05, 0) is 36.9 Å². The zero-order chi connectivity index (χ0) is 11.4. The molecule has 0 spiro atoms. The van der Waals surface area contributed by atoms with Gasteiger partial charge in [-0.15, -0.1) is 0 Å². The lowest BCUT2D eigenvalue weighted by Crippen LogP contribution is -2.17. The number of halogens is 1. The number of nitrogens with zero attached hydrogens (tertiary/aromatic N) is 3. The number of likely N-dealkylation sites (N-methyl/N-ethyl adjacent to an activating group) is 1. The number of rotatable bonds is 4. The van der Waals surface area contributed by atoms with Crippen LogP contribution in [0.2, 0.25) is 0 Å². The Morgan fingerprint density at radius 2 is 2.00 bits per heavy atom. The first-order chi connectivity index (χ1) is 7.04. The fraction of sp³-hybridized carbons (Fsp3) is 0.600. The van der Waals surface area contributed by atoms with Crippen molar-refractivity contribution in [1.29, 1.82) is 0 Å². The molecular formula is C10H17BrN4. The number of aryl methyl sites for hydroxylation is 1. The van der Waals surface area contributed by atoms with Crippen LogP contribution in [-0.2, 0) is 6.42 Å². The molecule has 5 heteroatoms. The van der Waals surface area contributed by atoms with Gasteiger partial charge in [0.2, 0.25) is 0 Å². The molecule has 1 heterocycles. The van der Waals surface area contributed by atoms with Crippen molar-refractivity contribution < 1.29 is 0 Å². The van der Waals surface area contributed by atoms with Crippen molar-refractivity contribution >= 4 is 21.7 Å². The molecular weight excluding hydrogens is 256 g/mol. The first-order valence-corrected chi connectivity index (χ1v) is 5.69. The smallest absolute Gasteiger partial charge is 0.144 e. The fourth-order valence-electron chi connectivity index (χ4n) is 1.22. The average molecular weight is 273 g/mol. The summed E-state index contributed by atoms with van der Waals surface area (Å²) in [7, 11) is 5.96. The Morgan fingerprint density at radius 1 is 1.33 bits per heavy atom. The van der Waals surface area contributed by atoms with E-state index in [1.54, 1.807) is 0 Å². The van der Waals surface area contributed by atoms with Crippen molar-refractivity contribution in [1.82, 2.24) is 14.9 Å². The maximum Gasteiger partial charge on any atom is 0.144 e. The summed E-state index contributed by atoms with van der Waals surface area (Å²) in [6, 6.07) is 0. The van der Waals surface area contributed by atoms with Gasteiger partial charge in [-0.2, -0.15) is 0 Å². The summed E-state index contributed by atoms with van der Waals surface area (Å²) in [4.78, 5) is 11.0. The summed E-state index contributed by atoms with van der Waals surface area (Å²) in [6.45, 7) is 2.94. The zero-order valence-corrected chi connectivity index (χ0v) is 11.2. The summed E-state index contributed by atoms with van der Waals surface area (Å²) < 4.78 is 0.943. The Labute approximate surface area is 99.2 Å². The molecule has 1 N–H and O–H groups in total. The Hall–Kier alpha value is -0.680. The second-order valence-corrected chi connectivity index (χ2v) is 4.48. The third kappa shape index (κ3) is 3.43. The highest BCUT2D eigenvalue weighted by molar-refractivity contribution is 9.10. The summed E-state index contributed by atoms with van der Waals surface area (Å²) >= 11 is 3.46. The van der Waals surface area contributed by atoms with E-state index in [4.69, 9.17) is 0 Å². The second-order valence-electron chi connectivity index (χ2n) is 3.69. The zero-order valence-electron chi connectivity index (χ0n) is 9.63. The molecule has 0 unspecified atom stereocenters. The van der Waals surface area contributed by atoms with Gasteiger partial charge in [0.25, 0.3) is 0 Å². The van der Waals surface area contributed by atoms with Crippen LogP contribution in [0.25, 0.3) is 0 Å². The third-order valence-corrected chi connectivity index (χ3v) is 3.03. The Kier molecular flexibility index (Phi) is 4.47. The number of hydrogen-bond acceptors (Lipinski definition) is 4. The molecule has 0 saturated heterocycles. The minimum absolute atomic E-state index is 0.858. The van der Waals surface area contributed by atoms with E-state index in [-0.39, 0.29) is 0 Å². The highest BCUT2D eigenvalue weighted by Gasteiger charge is 2.07. The molecule has 0 aliphatic rings. The van der Waals surface area contributed by atoms with Crippen LogP contribution in [0.1, 0.15) is 11.5 Å². The first kappa shape index (κ1) is 12.4. The minimum Gasteiger partial charge on any atom is -0.372 e. The van der Waals surface area contributed by atoms with Crippen molar-refractivity contribution in [3.05, 3.63) is 16.0 Å². The Morgan fingerprint density at radius 3 is 2.53 bits per heavy atom. The molecule has 0 atom stereocenters. The van der Waals surface area contributed by atoms with Gasteiger partial charge < -0.3 is 10.2 Å². The van der Waals surface area contributed by atoms with Crippen LogP contribution in [0.3, 0.4) is 0 Å². The molecule has 0 bridgehead atoms. The molecule has 1 rings (SSSR count). The number of hydrogen-bond donors (Lipinski definition) is 1. The van der Waals surface area contributed by atoms with Crippen LogP contribution in [0.4, 0.5) is 5.82 Å². The number of aromatic nitrogens is 2. The summed E-state index contributed by atoms with van der Waals surface area (Å²) in [6.07, 6.45) is 0.871. The Balaban J connectivity index is 2.86. The highest BCUT2D eigenvalue weighted by Crippen LogP contribution is 2.22. The molecule has 0 saturated carbocycles. The molecule has 0 radical (unpaired) electrons. The number of nitrogens with one attached hydrogen (secondary N) is 1. The van der Waals surface area contributed by atoms with Gasteiger partial charge in [0.1, 0.15) is 11.6 Å². The van der Waals surface area contributed by atoms with Crippen LogP contribution < -0.4 is 5.32 Å². The molecule has 1 aromatic rings. The maximum atomic E-state index is 4.43. The van der Waals surface area contributed by atoms with E-state index in [1.165, 1.54) is 0 Å². The van der Waals surface area contributed by atoms with E-state index in [1.807, 2.05) is 28.1 Å². The van der Waals surface area contributed by atoms with Gasteiger partial charge >= 0.3 is 0 Å². The van der Waals surface area contributed by atoms with Gasteiger partial charge in [0, 0.05) is 20.0 Å². The maximum absolute atomic E-state index is 4.43. The standard InChI is InChI=1S/C10H17BrN4/c1-7-9(11)10(12-2)14-8(13-7)5-6-15(3)4/h5-6H2,1-4H3,(H,12,13,14). The predicted octanol–water partition coefficient (Wildman–Crippen LogP) is 1.69. The van der Waals surface area contributed by atoms with E-state index >= 15 is 0 Å². The van der Waals surface area contributed by atoms with Gasteiger partial charge in [0.15, 0.2) is 0 Å². The normalized spacial score (nSPS) is 10.8. The SMILES string of the molecule is CNc1nc(CCN(C)C)nc(C)c1Br. The molecule has 15 heavy (non-hydrogen) atoms. The van der Waals surface area contributed by atoms with Crippen LogP contribution in [-0.4, -0.2) is 42.6 Å². The first-order valence-electron chi connectivity index (χ1n) is 4.90. The highest BCUT2D eigenvalue weighted by atomic mass is 79.9. The van der Waals surface area contributed by atoms with Gasteiger partial charge in [-0.3, -0.25) is 0 Å². The lowest BCUT2D eigenvalue weighted by atomic mass is 10.3.